The minimum atomic E-state index is -1.45. The Bertz CT molecular complexity index is 2330. The molecule has 16 heteroatoms. The fourth-order valence-electron chi connectivity index (χ4n) is 7.97. The number of halogens is 3. The van der Waals surface area contributed by atoms with Crippen molar-refractivity contribution in [2.24, 2.45) is 0 Å². The van der Waals surface area contributed by atoms with Crippen molar-refractivity contribution in [3.8, 4) is 0 Å². The van der Waals surface area contributed by atoms with Gasteiger partial charge in [0.1, 0.15) is 22.6 Å². The highest BCUT2D eigenvalue weighted by Crippen LogP contribution is 2.42. The third kappa shape index (κ3) is 6.54. The number of aromatic carboxylic acids is 2. The van der Waals surface area contributed by atoms with Crippen LogP contribution in [0.1, 0.15) is 84.8 Å². The predicted octanol–water partition coefficient (Wildman–Crippen LogP) is 4.36. The molecule has 2 aromatic carbocycles. The molecule has 2 saturated heterocycles. The zero-order valence-corrected chi connectivity index (χ0v) is 30.5. The van der Waals surface area contributed by atoms with E-state index in [1.54, 1.807) is 17.9 Å². The van der Waals surface area contributed by atoms with E-state index in [0.717, 1.165) is 38.4 Å². The van der Waals surface area contributed by atoms with Crippen molar-refractivity contribution < 1.29 is 33.0 Å². The zero-order valence-electron chi connectivity index (χ0n) is 30.5. The molecule has 2 aliphatic carbocycles. The Kier molecular flexibility index (Phi) is 9.62. The van der Waals surface area contributed by atoms with Crippen molar-refractivity contribution in [1.82, 2.24) is 19.8 Å². The first-order valence-corrected chi connectivity index (χ1v) is 18.3. The molecule has 0 bridgehead atoms. The van der Waals surface area contributed by atoms with Crippen LogP contribution in [-0.2, 0) is 0 Å². The lowest BCUT2D eigenvalue weighted by Gasteiger charge is -2.38. The summed E-state index contributed by atoms with van der Waals surface area (Å²) < 4.78 is 49.2. The molecule has 4 heterocycles. The summed E-state index contributed by atoms with van der Waals surface area (Å²) >= 11 is 0. The Labute approximate surface area is 308 Å². The monoisotopic (exact) mass is 751 g/mol. The molecular weight excluding hydrogens is 707 g/mol. The lowest BCUT2D eigenvalue weighted by atomic mass is 10.0. The molecule has 0 spiro atoms. The molecule has 0 radical (unpaired) electrons. The predicted molar refractivity (Wildman–Crippen MR) is 200 cm³/mol. The smallest absolute Gasteiger partial charge is 0.341 e. The van der Waals surface area contributed by atoms with Gasteiger partial charge < -0.3 is 45.5 Å². The number of carbonyl (C=O) groups is 2. The molecule has 3 atom stereocenters. The number of nitrogens with two attached hydrogens (primary N) is 1. The summed E-state index contributed by atoms with van der Waals surface area (Å²) in [6, 6.07) is 2.05. The summed E-state index contributed by atoms with van der Waals surface area (Å²) in [5.74, 6) is -5.05. The van der Waals surface area contributed by atoms with Gasteiger partial charge in [0, 0.05) is 80.9 Å². The average molecular weight is 752 g/mol. The first kappa shape index (κ1) is 37.2. The van der Waals surface area contributed by atoms with E-state index < -0.39 is 56.9 Å². The number of benzene rings is 2. The van der Waals surface area contributed by atoms with E-state index in [-0.39, 0.29) is 57.9 Å². The molecular formula is C38H44F3N7O6. The van der Waals surface area contributed by atoms with E-state index in [1.807, 2.05) is 23.3 Å². The molecule has 6 N–H and O–H groups in total. The summed E-state index contributed by atoms with van der Waals surface area (Å²) in [5.41, 5.74) is 3.97. The van der Waals surface area contributed by atoms with Gasteiger partial charge in [0.05, 0.1) is 33.2 Å². The lowest BCUT2D eigenvalue weighted by Crippen LogP contribution is -2.54. The summed E-state index contributed by atoms with van der Waals surface area (Å²) in [7, 11) is 0. The number of carboxylic acids is 2. The summed E-state index contributed by atoms with van der Waals surface area (Å²) in [4.78, 5) is 51.9. The number of aromatic nitrogens is 2. The first-order valence-electron chi connectivity index (χ1n) is 18.3. The Morgan fingerprint density at radius 1 is 0.778 bits per heavy atom. The molecule has 2 aromatic heterocycles. The number of piperazine rings is 2. The fourth-order valence-corrected chi connectivity index (χ4v) is 7.97. The van der Waals surface area contributed by atoms with Crippen LogP contribution in [0.2, 0.25) is 0 Å². The summed E-state index contributed by atoms with van der Waals surface area (Å²) in [6.07, 6.45) is 5.90. The highest BCUT2D eigenvalue weighted by Gasteiger charge is 2.35. The molecule has 13 nitrogen and oxygen atoms in total. The Morgan fingerprint density at radius 2 is 1.31 bits per heavy atom. The number of rotatable bonds is 6. The minimum absolute atomic E-state index is 0.0134. The van der Waals surface area contributed by atoms with Crippen LogP contribution < -0.4 is 37.0 Å². The van der Waals surface area contributed by atoms with E-state index in [4.69, 9.17) is 5.73 Å². The Balaban J connectivity index is 0.000000167. The molecule has 0 amide bonds. The van der Waals surface area contributed by atoms with Gasteiger partial charge in [-0.1, -0.05) is 0 Å². The number of hydrogen-bond acceptors (Lipinski definition) is 9. The number of hydrogen-bond donors (Lipinski definition) is 5. The quantitative estimate of drug-likeness (QED) is 0.177. The van der Waals surface area contributed by atoms with Crippen LogP contribution >= 0.6 is 0 Å². The Hall–Kier alpha value is -5.09. The van der Waals surface area contributed by atoms with Gasteiger partial charge in [0.2, 0.25) is 10.9 Å². The van der Waals surface area contributed by atoms with Crippen molar-refractivity contribution in [2.75, 3.05) is 48.3 Å². The third-order valence-electron chi connectivity index (χ3n) is 10.8. The van der Waals surface area contributed by atoms with Gasteiger partial charge in [-0.3, -0.25) is 9.59 Å². The van der Waals surface area contributed by atoms with Crippen molar-refractivity contribution in [3.05, 3.63) is 73.0 Å². The number of fused-ring (bicyclic) bond motifs is 2. The number of nitrogens with zero attached hydrogens (tertiary/aromatic N) is 4. The number of anilines is 3. The molecule has 4 aromatic rings. The topological polar surface area (TPSA) is 175 Å². The van der Waals surface area contributed by atoms with Crippen molar-refractivity contribution in [1.29, 1.82) is 0 Å². The third-order valence-corrected chi connectivity index (χ3v) is 10.8. The second kappa shape index (κ2) is 14.0. The largest absolute Gasteiger partial charge is 0.477 e. The standard InChI is InChI=1S/C19H22F2N4O3.C19H22FN3O3/c1-8-5-24(6-9(2)23-8)17-13(20)15(22)12-16(14(17)21)25(10-3-4-10)7-11(18(12)26)19(27)28;1-10-8-22(6-5-21-10)15-7-14-16(11(2)17(15)20)18(24)13(19(25)26)9-23(14)12-3-4-12/h7-10,23H,3-6,22H2,1-2H3,(H,27,28);7,9-10,12,21H,3-6,8H2,1-2H3,(H,25,26)/t8-,9+;. The number of pyridine rings is 2. The first-order chi connectivity index (χ1) is 25.6. The maximum atomic E-state index is 15.6. The van der Waals surface area contributed by atoms with Gasteiger partial charge in [0.25, 0.3) is 0 Å². The minimum Gasteiger partial charge on any atom is -0.477 e. The SMILES string of the molecule is C[C@@H]1CN(c2c(F)c(N)c3c(=O)c(C(=O)O)cn(C4CC4)c3c2F)C[C@H](C)N1.Cc1c(F)c(N2CCNC(C)C2)cc2c1c(=O)c(C(=O)O)cn2C1CC1. The molecule has 1 unspecified atom stereocenters. The van der Waals surface area contributed by atoms with Crippen molar-refractivity contribution in [3.63, 3.8) is 0 Å². The molecule has 4 fully saturated rings. The van der Waals surface area contributed by atoms with E-state index >= 15 is 13.2 Å². The van der Waals surface area contributed by atoms with E-state index in [1.165, 1.54) is 10.8 Å². The van der Waals surface area contributed by atoms with Gasteiger partial charge in [0.15, 0.2) is 11.6 Å². The average Bonchev–Trinajstić information content (AvgIpc) is 4.03. The van der Waals surface area contributed by atoms with Crippen LogP contribution in [0.5, 0.6) is 0 Å². The van der Waals surface area contributed by atoms with Crippen molar-refractivity contribution in [2.45, 2.75) is 83.6 Å². The van der Waals surface area contributed by atoms with Crippen LogP contribution in [0.4, 0.5) is 30.2 Å². The van der Waals surface area contributed by atoms with Crippen LogP contribution in [-0.4, -0.2) is 82.1 Å². The molecule has 288 valence electrons. The zero-order chi connectivity index (χ0) is 38.9. The maximum absolute atomic E-state index is 15.6. The second-order valence-electron chi connectivity index (χ2n) is 15.1. The van der Waals surface area contributed by atoms with E-state index in [2.05, 4.69) is 17.6 Å². The van der Waals surface area contributed by atoms with Gasteiger partial charge in [-0.2, -0.15) is 0 Å². The normalized spacial score (nSPS) is 21.6. The Morgan fingerprint density at radius 3 is 1.87 bits per heavy atom. The molecule has 2 saturated carbocycles. The van der Waals surface area contributed by atoms with Gasteiger partial charge in [-0.25, -0.2) is 22.8 Å². The molecule has 54 heavy (non-hydrogen) atoms. The molecule has 4 aliphatic rings. The number of carboxylic acid groups (broad SMARTS) is 2. The van der Waals surface area contributed by atoms with E-state index in [0.29, 0.717) is 37.4 Å². The number of nitrogen functional groups attached to an aromatic ring is 1. The highest BCUT2D eigenvalue weighted by atomic mass is 19.1. The summed E-state index contributed by atoms with van der Waals surface area (Å²) in [5, 5.41) is 25.1. The second-order valence-corrected chi connectivity index (χ2v) is 15.1. The highest BCUT2D eigenvalue weighted by molar-refractivity contribution is 6.00. The fraction of sp³-hybridized carbons (Fsp3) is 0.474. The van der Waals surface area contributed by atoms with Gasteiger partial charge >= 0.3 is 11.9 Å². The van der Waals surface area contributed by atoms with Crippen LogP contribution in [0.3, 0.4) is 0 Å². The summed E-state index contributed by atoms with van der Waals surface area (Å²) in [6.45, 7) is 10.4. The molecule has 8 rings (SSSR count). The van der Waals surface area contributed by atoms with Gasteiger partial charge in [-0.05, 0) is 59.4 Å². The van der Waals surface area contributed by atoms with Crippen LogP contribution in [0, 0.1) is 24.4 Å². The van der Waals surface area contributed by atoms with Gasteiger partial charge in [-0.15, -0.1) is 0 Å². The van der Waals surface area contributed by atoms with E-state index in [9.17, 15) is 29.4 Å². The molecule has 2 aliphatic heterocycles. The number of nitrogens with one attached hydrogen (secondary N) is 2. The van der Waals surface area contributed by atoms with Crippen LogP contribution in [0.15, 0.2) is 28.0 Å². The maximum Gasteiger partial charge on any atom is 0.341 e. The van der Waals surface area contributed by atoms with Crippen molar-refractivity contribution >= 4 is 50.8 Å². The lowest BCUT2D eigenvalue weighted by molar-refractivity contribution is 0.0684. The van der Waals surface area contributed by atoms with Crippen LogP contribution in [0.25, 0.3) is 21.8 Å². The number of aryl methyl sites for hydroxylation is 1.